The van der Waals surface area contributed by atoms with Crippen LogP contribution in [0.1, 0.15) is 87.1 Å². The molecule has 0 radical (unpaired) electrons. The molecule has 36 heavy (non-hydrogen) atoms. The third-order valence-corrected chi connectivity index (χ3v) is 7.37. The number of hydrogen-bond donors (Lipinski definition) is 0. The molecule has 0 saturated carbocycles. The lowest BCUT2D eigenvalue weighted by Gasteiger charge is -2.27. The van der Waals surface area contributed by atoms with Gasteiger partial charge in [-0.1, -0.05) is 102 Å². The highest BCUT2D eigenvalue weighted by atomic mass is 15.1. The maximum atomic E-state index is 4.16. The van der Waals surface area contributed by atoms with E-state index in [0.717, 1.165) is 25.8 Å². The van der Waals surface area contributed by atoms with E-state index in [-0.39, 0.29) is 0 Å². The van der Waals surface area contributed by atoms with Gasteiger partial charge in [0.15, 0.2) is 0 Å². The molecule has 3 aromatic rings. The van der Waals surface area contributed by atoms with Gasteiger partial charge in [0.1, 0.15) is 0 Å². The first-order chi connectivity index (χ1) is 17.4. The fourth-order valence-corrected chi connectivity index (χ4v) is 5.19. The predicted octanol–water partition coefficient (Wildman–Crippen LogP) is 10.0. The normalized spacial score (nSPS) is 13.2. The van der Waals surface area contributed by atoms with Crippen LogP contribution in [0.2, 0.25) is 0 Å². The summed E-state index contributed by atoms with van der Waals surface area (Å²) in [6.07, 6.45) is 12.0. The van der Waals surface area contributed by atoms with E-state index >= 15 is 0 Å². The Morgan fingerprint density at radius 3 is 2.08 bits per heavy atom. The van der Waals surface area contributed by atoms with Crippen LogP contribution in [-0.2, 0) is 13.0 Å². The zero-order valence-electron chi connectivity index (χ0n) is 22.7. The van der Waals surface area contributed by atoms with Crippen molar-refractivity contribution in [2.24, 2.45) is 0 Å². The maximum Gasteiger partial charge on any atom is 0.0481 e. The zero-order valence-corrected chi connectivity index (χ0v) is 22.7. The Bertz CT molecular complexity index is 1230. The predicted molar refractivity (Wildman–Crippen MR) is 159 cm³/mol. The Morgan fingerprint density at radius 1 is 0.861 bits per heavy atom. The van der Waals surface area contributed by atoms with Crippen LogP contribution in [0, 0.1) is 0 Å². The average Bonchev–Trinajstić information content (AvgIpc) is 2.92. The minimum Gasteiger partial charge on any atom is -0.344 e. The largest absolute Gasteiger partial charge is 0.344 e. The topological polar surface area (TPSA) is 3.24 Å². The van der Waals surface area contributed by atoms with Gasteiger partial charge in [0.05, 0.1) is 0 Å². The van der Waals surface area contributed by atoms with Crippen LogP contribution in [0.4, 0.5) is 5.69 Å². The number of anilines is 1. The summed E-state index contributed by atoms with van der Waals surface area (Å²) in [6.45, 7) is 16.5. The lowest BCUT2D eigenvalue weighted by Crippen LogP contribution is -2.18. The summed E-state index contributed by atoms with van der Waals surface area (Å²) in [5, 5.41) is 0. The fraction of sp³-hybridized carbons (Fsp3) is 0.314. The molecule has 1 nitrogen and oxygen atoms in total. The van der Waals surface area contributed by atoms with Crippen LogP contribution in [-0.4, -0.2) is 0 Å². The minimum absolute atomic E-state index is 0.431. The number of aryl methyl sites for hydroxylation is 1. The van der Waals surface area contributed by atoms with Crippen molar-refractivity contribution in [1.29, 1.82) is 0 Å². The molecule has 0 aliphatic heterocycles. The molecular weight excluding hydrogens is 434 g/mol. The van der Waals surface area contributed by atoms with Crippen molar-refractivity contribution in [1.82, 2.24) is 0 Å². The maximum absolute atomic E-state index is 4.16. The van der Waals surface area contributed by atoms with Crippen molar-refractivity contribution in [2.45, 2.75) is 72.3 Å². The highest BCUT2D eigenvalue weighted by Crippen LogP contribution is 2.36. The molecule has 0 spiro atoms. The Balaban J connectivity index is 1.77. The van der Waals surface area contributed by atoms with Gasteiger partial charge in [-0.25, -0.2) is 0 Å². The van der Waals surface area contributed by atoms with E-state index < -0.39 is 0 Å². The monoisotopic (exact) mass is 475 g/mol. The van der Waals surface area contributed by atoms with E-state index in [1.165, 1.54) is 50.2 Å². The lowest BCUT2D eigenvalue weighted by atomic mass is 9.84. The Morgan fingerprint density at radius 2 is 1.53 bits per heavy atom. The van der Waals surface area contributed by atoms with Crippen LogP contribution in [0.25, 0.3) is 16.7 Å². The summed E-state index contributed by atoms with van der Waals surface area (Å²) in [6, 6.07) is 22.9. The van der Waals surface area contributed by atoms with Gasteiger partial charge in [0, 0.05) is 12.2 Å². The Labute approximate surface area is 218 Å². The molecule has 186 valence electrons. The SMILES string of the molecule is C=CN(Cc1c(C(C)C)cc(-c2cccc(C3=CC=CCC3)c2)cc1C(C)C)c1ccc(CC)cc1. The Hall–Kier alpha value is -3.32. The number of allylic oxidation sites excluding steroid dienone is 4. The molecule has 0 atom stereocenters. The molecule has 0 amide bonds. The number of nitrogens with zero attached hydrogens (tertiary/aromatic N) is 1. The van der Waals surface area contributed by atoms with Crippen molar-refractivity contribution in [3.05, 3.63) is 119 Å². The van der Waals surface area contributed by atoms with Gasteiger partial charge in [-0.15, -0.1) is 0 Å². The second kappa shape index (κ2) is 11.6. The molecule has 0 N–H and O–H groups in total. The first-order valence-corrected chi connectivity index (χ1v) is 13.5. The van der Waals surface area contributed by atoms with Crippen LogP contribution in [0.3, 0.4) is 0 Å². The summed E-state index contributed by atoms with van der Waals surface area (Å²) in [5.74, 6) is 0.863. The molecule has 0 unspecified atom stereocenters. The quantitative estimate of drug-likeness (QED) is 0.297. The number of rotatable bonds is 9. The van der Waals surface area contributed by atoms with Crippen molar-refractivity contribution in [3.8, 4) is 11.1 Å². The van der Waals surface area contributed by atoms with Crippen molar-refractivity contribution in [2.75, 3.05) is 4.90 Å². The highest BCUT2D eigenvalue weighted by molar-refractivity contribution is 5.75. The van der Waals surface area contributed by atoms with Gasteiger partial charge < -0.3 is 4.90 Å². The second-order valence-electron chi connectivity index (χ2n) is 10.5. The molecule has 0 saturated heterocycles. The van der Waals surface area contributed by atoms with Gasteiger partial charge in [0.2, 0.25) is 0 Å². The number of benzene rings is 3. The molecule has 1 aliphatic rings. The van der Waals surface area contributed by atoms with E-state index in [9.17, 15) is 0 Å². The fourth-order valence-electron chi connectivity index (χ4n) is 5.19. The lowest BCUT2D eigenvalue weighted by molar-refractivity contribution is 0.787. The second-order valence-corrected chi connectivity index (χ2v) is 10.5. The van der Waals surface area contributed by atoms with Crippen LogP contribution in [0.15, 0.2) is 91.7 Å². The Kier molecular flexibility index (Phi) is 8.31. The van der Waals surface area contributed by atoms with Crippen LogP contribution >= 0.6 is 0 Å². The molecule has 0 aromatic heterocycles. The van der Waals surface area contributed by atoms with Gasteiger partial charge >= 0.3 is 0 Å². The first-order valence-electron chi connectivity index (χ1n) is 13.5. The molecule has 0 bridgehead atoms. The summed E-state index contributed by atoms with van der Waals surface area (Å²) in [4.78, 5) is 2.29. The first kappa shape index (κ1) is 25.8. The molecule has 0 heterocycles. The molecule has 3 aromatic carbocycles. The summed E-state index contributed by atoms with van der Waals surface area (Å²) < 4.78 is 0. The zero-order chi connectivity index (χ0) is 25.7. The molecule has 4 rings (SSSR count). The molecule has 1 heteroatoms. The van der Waals surface area contributed by atoms with Gasteiger partial charge in [0.25, 0.3) is 0 Å². The van der Waals surface area contributed by atoms with Gasteiger partial charge in [-0.05, 0) is 100 Å². The third-order valence-electron chi connectivity index (χ3n) is 7.37. The van der Waals surface area contributed by atoms with E-state index in [1.54, 1.807) is 0 Å². The van der Waals surface area contributed by atoms with Gasteiger partial charge in [-0.3, -0.25) is 0 Å². The van der Waals surface area contributed by atoms with Crippen LogP contribution < -0.4 is 4.90 Å². The van der Waals surface area contributed by atoms with E-state index in [4.69, 9.17) is 0 Å². The van der Waals surface area contributed by atoms with Crippen molar-refractivity contribution >= 4 is 11.3 Å². The van der Waals surface area contributed by atoms with Crippen molar-refractivity contribution < 1.29 is 0 Å². The summed E-state index contributed by atoms with van der Waals surface area (Å²) in [7, 11) is 0. The average molecular weight is 476 g/mol. The summed E-state index contributed by atoms with van der Waals surface area (Å²) in [5.41, 5.74) is 12.2. The smallest absolute Gasteiger partial charge is 0.0481 e. The van der Waals surface area contributed by atoms with Crippen LogP contribution in [0.5, 0.6) is 0 Å². The molecular formula is C35H41N. The van der Waals surface area contributed by atoms with E-state index in [0.29, 0.717) is 11.8 Å². The standard InChI is InChI=1S/C35H41N/c1-7-27-17-19-32(20-18-27)36(8-2)24-35-33(25(3)4)22-31(23-34(35)26(5)6)30-16-12-15-29(21-30)28-13-10-9-11-14-28/h8-10,12-13,15-23,25-26H,2,7,11,14,24H2,1,3-6H3. The van der Waals surface area contributed by atoms with E-state index in [2.05, 4.69) is 125 Å². The van der Waals surface area contributed by atoms with Crippen molar-refractivity contribution in [3.63, 3.8) is 0 Å². The van der Waals surface area contributed by atoms with Gasteiger partial charge in [-0.2, -0.15) is 0 Å². The highest BCUT2D eigenvalue weighted by Gasteiger charge is 2.19. The molecule has 0 fully saturated rings. The molecule has 1 aliphatic carbocycles. The van der Waals surface area contributed by atoms with E-state index in [1.807, 2.05) is 6.20 Å². The minimum atomic E-state index is 0.431. The third kappa shape index (κ3) is 5.73. The number of hydrogen-bond acceptors (Lipinski definition) is 1. The summed E-state index contributed by atoms with van der Waals surface area (Å²) >= 11 is 0.